The fourth-order valence-electron chi connectivity index (χ4n) is 0. The van der Waals surface area contributed by atoms with E-state index in [1.165, 1.54) is 0 Å². The predicted octanol–water partition coefficient (Wildman–Crippen LogP) is -3.66. The number of quaternary nitrogens is 2. The van der Waals surface area contributed by atoms with Crippen LogP contribution in [0.15, 0.2) is 0 Å². The lowest BCUT2D eigenvalue weighted by Gasteiger charge is -2.14. The molecule has 0 heterocycles. The summed E-state index contributed by atoms with van der Waals surface area (Å²) in [5.41, 5.74) is 0. The van der Waals surface area contributed by atoms with E-state index in [0.29, 0.717) is 0 Å². The van der Waals surface area contributed by atoms with Gasteiger partial charge < -0.3 is 40.0 Å². The molecule has 0 fully saturated rings. The van der Waals surface area contributed by atoms with Crippen molar-refractivity contribution in [1.29, 1.82) is 0 Å². The molecule has 0 unspecified atom stereocenters. The van der Waals surface area contributed by atoms with Crippen LogP contribution in [0.3, 0.4) is 0 Å². The molecule has 0 aromatic carbocycles. The number of nitrogens with zero attached hydrogens (tertiary/aromatic N) is 2. The molecule has 0 aliphatic rings. The van der Waals surface area contributed by atoms with Crippen LogP contribution in [0.1, 0.15) is 0 Å². The van der Waals surface area contributed by atoms with Crippen LogP contribution >= 0.6 is 0 Å². The topological polar surface area (TPSA) is 189 Å². The molecule has 0 saturated carbocycles. The van der Waals surface area contributed by atoms with Gasteiger partial charge in [-0.25, -0.2) is 0 Å². The third kappa shape index (κ3) is 1860000. The molecule has 0 aliphatic carbocycles. The van der Waals surface area contributed by atoms with E-state index in [9.17, 15) is 0 Å². The summed E-state index contributed by atoms with van der Waals surface area (Å²) in [7, 11) is 12.7. The zero-order valence-corrected chi connectivity index (χ0v) is 14.6. The van der Waals surface area contributed by atoms with E-state index in [1.807, 2.05) is 0 Å². The Morgan fingerprint density at radius 2 is 0.684 bits per heavy atom. The quantitative estimate of drug-likeness (QED) is 0.413. The van der Waals surface area contributed by atoms with Crippen LogP contribution < -0.4 is 0 Å². The van der Waals surface area contributed by atoms with E-state index in [2.05, 4.69) is 67.6 Å². The van der Waals surface area contributed by atoms with Crippen molar-refractivity contribution in [2.45, 2.75) is 0 Å². The van der Waals surface area contributed by atoms with E-state index in [-0.39, 0.29) is 21.9 Å². The second kappa shape index (κ2) is 16.1. The van der Waals surface area contributed by atoms with E-state index in [0.717, 1.165) is 8.97 Å². The fourth-order valence-corrected chi connectivity index (χ4v) is 0. The van der Waals surface area contributed by atoms with Gasteiger partial charge in [-0.05, 0) is 11.2 Å². The van der Waals surface area contributed by atoms with Crippen molar-refractivity contribution in [2.24, 2.45) is 0 Å². The molecule has 0 amide bonds. The van der Waals surface area contributed by atoms with Gasteiger partial charge in [0, 0.05) is 0 Å². The van der Waals surface area contributed by atoms with Crippen molar-refractivity contribution in [3.63, 3.8) is 0 Å². The first-order valence-electron chi connectivity index (χ1n) is 4.24. The van der Waals surface area contributed by atoms with E-state index in [1.54, 1.807) is 0 Å². The molecule has 0 saturated heterocycles. The van der Waals surface area contributed by atoms with Crippen molar-refractivity contribution in [3.05, 3.63) is 0 Å². The largest absolute Gasteiger partial charge is 0.780 e. The van der Waals surface area contributed by atoms with Crippen molar-refractivity contribution in [3.8, 4) is 0 Å². The Bertz CT molecular complexity index is 213. The standard InChI is InChI=1S/2C4H12N.H2O3S2.4H2O/c3*1-5(2,3)4;;;;/h2*1-4H3;(H2,1,2,3,4);4*1H2/q2*+1;;;;;/p-2. The molecule has 11 heteroatoms. The minimum absolute atomic E-state index is 0. The Labute approximate surface area is 121 Å². The molecule has 9 nitrogen and oxygen atoms in total. The first kappa shape index (κ1) is 42.7. The summed E-state index contributed by atoms with van der Waals surface area (Å²) in [6.45, 7) is 0. The van der Waals surface area contributed by atoms with Crippen molar-refractivity contribution >= 4 is 20.2 Å². The molecule has 0 aromatic rings. The van der Waals surface area contributed by atoms with Crippen LogP contribution in [0.2, 0.25) is 0 Å². The average molecular weight is 332 g/mol. The highest BCUT2D eigenvalue weighted by Gasteiger charge is 1.88. The maximum absolute atomic E-state index is 8.89. The Kier molecular flexibility index (Phi) is 36.2. The number of rotatable bonds is 0. The Morgan fingerprint density at radius 1 is 0.684 bits per heavy atom. The summed E-state index contributed by atoms with van der Waals surface area (Å²) < 4.78 is 28.7. The maximum Gasteiger partial charge on any atom is 0.0675 e. The summed E-state index contributed by atoms with van der Waals surface area (Å²) in [5.74, 6) is 0. The molecule has 0 radical (unpaired) electrons. The SMILES string of the molecule is C[N+](C)(C)C.C[N+](C)(C)C.O.O.O.O.O=S([O-])([O-])=S. The van der Waals surface area contributed by atoms with Gasteiger partial charge in [-0.2, -0.15) is 0 Å². The number of hydrogen-bond donors (Lipinski definition) is 0. The second-order valence-corrected chi connectivity index (χ2v) is 7.82. The fraction of sp³-hybridized carbons (Fsp3) is 1.00. The normalized spacial score (nSPS) is 9.37. The van der Waals surface area contributed by atoms with E-state index < -0.39 is 9.05 Å². The van der Waals surface area contributed by atoms with Crippen molar-refractivity contribution in [2.75, 3.05) is 56.4 Å². The van der Waals surface area contributed by atoms with Gasteiger partial charge in [0.15, 0.2) is 0 Å². The van der Waals surface area contributed by atoms with E-state index in [4.69, 9.17) is 13.3 Å². The monoisotopic (exact) mass is 332 g/mol. The van der Waals surface area contributed by atoms with Gasteiger partial charge in [0.25, 0.3) is 0 Å². The first-order valence-corrected chi connectivity index (χ1v) is 6.58. The summed E-state index contributed by atoms with van der Waals surface area (Å²) >= 11 is 3.24. The molecule has 128 valence electrons. The zero-order valence-electron chi connectivity index (χ0n) is 12.9. The molecule has 0 rings (SSSR count). The van der Waals surface area contributed by atoms with Crippen LogP contribution in [-0.4, -0.2) is 101 Å². The molecule has 0 bridgehead atoms. The van der Waals surface area contributed by atoms with Gasteiger partial charge in [0.1, 0.15) is 0 Å². The van der Waals surface area contributed by atoms with Gasteiger partial charge in [-0.15, -0.1) is 9.05 Å². The molecule has 0 atom stereocenters. The molecule has 8 N–H and O–H groups in total. The van der Waals surface area contributed by atoms with Crippen LogP contribution in [0.4, 0.5) is 0 Å². The smallest absolute Gasteiger partial charge is 0.0675 e. The summed E-state index contributed by atoms with van der Waals surface area (Å²) in [4.78, 5) is 0. The van der Waals surface area contributed by atoms with Gasteiger partial charge in [0.2, 0.25) is 0 Å². The average Bonchev–Trinajstić information content (AvgIpc) is 1.41. The summed E-state index contributed by atoms with van der Waals surface area (Å²) in [6, 6.07) is 0. The van der Waals surface area contributed by atoms with Crippen LogP contribution in [0, 0.1) is 0 Å². The Morgan fingerprint density at radius 3 is 0.684 bits per heavy atom. The zero-order chi connectivity index (χ0) is 13.5. The molecule has 0 aromatic heterocycles. The lowest BCUT2D eigenvalue weighted by atomic mass is 10.8. The third-order valence-electron chi connectivity index (χ3n) is 0. The van der Waals surface area contributed by atoms with Crippen LogP contribution in [0.25, 0.3) is 0 Å². The van der Waals surface area contributed by atoms with Crippen LogP contribution in [-0.2, 0) is 20.2 Å². The number of hydrogen-bond acceptors (Lipinski definition) is 4. The molecule has 0 aliphatic heterocycles. The molecule has 0 spiro atoms. The maximum atomic E-state index is 8.89. The van der Waals surface area contributed by atoms with Crippen molar-refractivity contribution in [1.82, 2.24) is 0 Å². The summed E-state index contributed by atoms with van der Waals surface area (Å²) in [5, 5.41) is 0. The van der Waals surface area contributed by atoms with Gasteiger partial charge in [-0.1, -0.05) is 0 Å². The van der Waals surface area contributed by atoms with Gasteiger partial charge in [0.05, 0.1) is 56.4 Å². The molecule has 19 heavy (non-hydrogen) atoms. The Hall–Kier alpha value is 0.0500. The summed E-state index contributed by atoms with van der Waals surface area (Å²) in [6.07, 6.45) is 0. The predicted molar refractivity (Wildman–Crippen MR) is 79.4 cm³/mol. The second-order valence-electron chi connectivity index (χ2n) is 5.77. The highest BCUT2D eigenvalue weighted by atomic mass is 32.9. The van der Waals surface area contributed by atoms with Gasteiger partial charge in [-0.3, -0.25) is 4.21 Å². The lowest BCUT2D eigenvalue weighted by molar-refractivity contribution is -0.849. The van der Waals surface area contributed by atoms with Crippen molar-refractivity contribution < 1.29 is 44.2 Å². The Balaban J connectivity index is -0.0000000206. The highest BCUT2D eigenvalue weighted by Crippen LogP contribution is 1.74. The highest BCUT2D eigenvalue weighted by molar-refractivity contribution is 8.26. The van der Waals surface area contributed by atoms with Crippen LogP contribution in [0.5, 0.6) is 0 Å². The minimum atomic E-state index is -4.33. The third-order valence-corrected chi connectivity index (χ3v) is 0. The lowest BCUT2D eigenvalue weighted by Crippen LogP contribution is -2.27. The van der Waals surface area contributed by atoms with E-state index >= 15 is 0 Å². The van der Waals surface area contributed by atoms with Gasteiger partial charge >= 0.3 is 0 Å². The first-order chi connectivity index (χ1) is 6.00. The molecular weight excluding hydrogens is 300 g/mol. The molecular formula is C8H32N2O7S2. The minimum Gasteiger partial charge on any atom is -0.780 e.